The molecular formula is C18H17N3O6S. The van der Waals surface area contributed by atoms with E-state index >= 15 is 0 Å². The average Bonchev–Trinajstić information content (AvgIpc) is 3.09. The molecule has 1 fully saturated rings. The van der Waals surface area contributed by atoms with Crippen LogP contribution >= 0.6 is 11.3 Å². The number of aromatic nitrogens is 1. The zero-order valence-electron chi connectivity index (χ0n) is 15.0. The zero-order chi connectivity index (χ0) is 19.8. The summed E-state index contributed by atoms with van der Waals surface area (Å²) in [5, 5.41) is 13.9. The van der Waals surface area contributed by atoms with E-state index in [1.165, 1.54) is 25.5 Å². The van der Waals surface area contributed by atoms with Crippen LogP contribution < -0.4 is 10.1 Å². The van der Waals surface area contributed by atoms with Gasteiger partial charge in [0.2, 0.25) is 0 Å². The van der Waals surface area contributed by atoms with Gasteiger partial charge in [0.05, 0.1) is 35.0 Å². The maximum absolute atomic E-state index is 12.7. The molecule has 0 saturated heterocycles. The Labute approximate surface area is 163 Å². The molecule has 1 aliphatic carbocycles. The molecule has 2 atom stereocenters. The van der Waals surface area contributed by atoms with Gasteiger partial charge >= 0.3 is 0 Å². The second kappa shape index (κ2) is 7.19. The molecule has 1 N–H and O–H groups in total. The smallest absolute Gasteiger partial charge is 0.274 e. The third-order valence-corrected chi connectivity index (χ3v) is 5.92. The first-order valence-electron chi connectivity index (χ1n) is 8.82. The second-order valence-corrected chi connectivity index (χ2v) is 7.72. The van der Waals surface area contributed by atoms with Crippen LogP contribution in [-0.4, -0.2) is 34.8 Å². The van der Waals surface area contributed by atoms with Crippen molar-refractivity contribution in [3.8, 4) is 5.75 Å². The molecule has 1 aromatic carbocycles. The van der Waals surface area contributed by atoms with Gasteiger partial charge < -0.3 is 9.47 Å². The molecule has 2 aromatic rings. The minimum atomic E-state index is -0.596. The van der Waals surface area contributed by atoms with Gasteiger partial charge in [-0.2, -0.15) is 0 Å². The molecule has 146 valence electrons. The summed E-state index contributed by atoms with van der Waals surface area (Å²) in [5.74, 6) is -0.843. The average molecular weight is 403 g/mol. The van der Waals surface area contributed by atoms with Gasteiger partial charge in [0.25, 0.3) is 11.6 Å². The first-order chi connectivity index (χ1) is 13.5. The van der Waals surface area contributed by atoms with Crippen LogP contribution in [0.25, 0.3) is 10.2 Å². The molecule has 0 radical (unpaired) electrons. The van der Waals surface area contributed by atoms with Crippen molar-refractivity contribution < 1.29 is 24.0 Å². The number of nitro benzene ring substituents is 1. The van der Waals surface area contributed by atoms with Gasteiger partial charge in [-0.15, -0.1) is 0 Å². The van der Waals surface area contributed by atoms with Crippen molar-refractivity contribution in [3.63, 3.8) is 0 Å². The number of fused-ring (bicyclic) bond motifs is 2. The molecule has 0 bridgehead atoms. The lowest BCUT2D eigenvalue weighted by molar-refractivity contribution is -0.384. The summed E-state index contributed by atoms with van der Waals surface area (Å²) >= 11 is 1.07. The van der Waals surface area contributed by atoms with Gasteiger partial charge in [0, 0.05) is 6.07 Å². The Hall–Kier alpha value is -3.01. The van der Waals surface area contributed by atoms with Crippen LogP contribution in [0.1, 0.15) is 25.7 Å². The summed E-state index contributed by atoms with van der Waals surface area (Å²) < 4.78 is 11.3. The van der Waals surface area contributed by atoms with Crippen molar-refractivity contribution in [2.45, 2.75) is 31.8 Å². The van der Waals surface area contributed by atoms with Crippen LogP contribution in [0.4, 0.5) is 10.8 Å². The minimum Gasteiger partial charge on any atom is -0.496 e. The molecule has 1 aromatic heterocycles. The van der Waals surface area contributed by atoms with E-state index in [-0.39, 0.29) is 39.9 Å². The fourth-order valence-corrected chi connectivity index (χ4v) is 4.51. The van der Waals surface area contributed by atoms with Gasteiger partial charge in [0.15, 0.2) is 16.7 Å². The maximum Gasteiger partial charge on any atom is 0.274 e. The number of carbonyl (C=O) groups excluding carboxylic acids is 2. The summed E-state index contributed by atoms with van der Waals surface area (Å²) in [5.41, 5.74) is 0.245. The van der Waals surface area contributed by atoms with Crippen molar-refractivity contribution in [2.24, 2.45) is 5.92 Å². The highest BCUT2D eigenvalue weighted by atomic mass is 32.1. The molecule has 1 amide bonds. The Bertz CT molecular complexity index is 1010. The highest BCUT2D eigenvalue weighted by Gasteiger charge is 2.39. The van der Waals surface area contributed by atoms with E-state index < -0.39 is 10.8 Å². The summed E-state index contributed by atoms with van der Waals surface area (Å²) in [6, 6.07) is 2.64. The predicted octanol–water partition coefficient (Wildman–Crippen LogP) is 3.19. The van der Waals surface area contributed by atoms with Crippen LogP contribution in [0, 0.1) is 16.0 Å². The van der Waals surface area contributed by atoms with Crippen LogP contribution in [0.3, 0.4) is 0 Å². The van der Waals surface area contributed by atoms with Crippen molar-refractivity contribution in [2.75, 3.05) is 12.4 Å². The number of methoxy groups -OCH3 is 1. The number of ketones is 1. The number of Topliss-reactive ketones (excluding diaryl/α,β-unsaturated/α-hetero) is 1. The number of nitrogens with zero attached hydrogens (tertiary/aromatic N) is 2. The summed E-state index contributed by atoms with van der Waals surface area (Å²) in [4.78, 5) is 40.1. The molecular weight excluding hydrogens is 386 g/mol. The van der Waals surface area contributed by atoms with Crippen LogP contribution in [-0.2, 0) is 14.3 Å². The third kappa shape index (κ3) is 3.19. The Morgan fingerprint density at radius 3 is 2.93 bits per heavy atom. The molecule has 0 spiro atoms. The SMILES string of the molecule is COc1cc([N+](=O)[O-])cc2sc(NC(=O)C3=COC4CCCCC4C3=O)nc12. The number of carbonyl (C=O) groups is 2. The summed E-state index contributed by atoms with van der Waals surface area (Å²) in [7, 11) is 1.39. The Morgan fingerprint density at radius 1 is 1.39 bits per heavy atom. The minimum absolute atomic E-state index is 0.0275. The van der Waals surface area contributed by atoms with Gasteiger partial charge in [-0.1, -0.05) is 17.8 Å². The highest BCUT2D eigenvalue weighted by Crippen LogP contribution is 2.37. The quantitative estimate of drug-likeness (QED) is 0.473. The van der Waals surface area contributed by atoms with E-state index in [4.69, 9.17) is 9.47 Å². The number of amides is 1. The number of hydrogen-bond donors (Lipinski definition) is 1. The first-order valence-corrected chi connectivity index (χ1v) is 9.63. The number of nitrogens with one attached hydrogen (secondary N) is 1. The number of anilines is 1. The van der Waals surface area contributed by atoms with Crippen molar-refractivity contribution in [1.29, 1.82) is 0 Å². The molecule has 9 nitrogen and oxygen atoms in total. The molecule has 1 aliphatic heterocycles. The Kier molecular flexibility index (Phi) is 4.71. The number of nitro groups is 1. The van der Waals surface area contributed by atoms with Crippen LogP contribution in [0.2, 0.25) is 0 Å². The van der Waals surface area contributed by atoms with E-state index in [1.54, 1.807) is 0 Å². The Balaban J connectivity index is 1.59. The standard InChI is InChI=1S/C18H17N3O6S/c1-26-13-6-9(21(24)25)7-14-15(13)19-18(28-14)20-17(23)11-8-27-12-5-3-2-4-10(12)16(11)22/h6-8,10,12H,2-5H2,1H3,(H,19,20,23). The van der Waals surface area contributed by atoms with E-state index in [0.717, 1.165) is 37.0 Å². The lowest BCUT2D eigenvalue weighted by atomic mass is 9.80. The molecule has 28 heavy (non-hydrogen) atoms. The Morgan fingerprint density at radius 2 is 2.18 bits per heavy atom. The predicted molar refractivity (Wildman–Crippen MR) is 101 cm³/mol. The number of ether oxygens (including phenoxy) is 2. The number of hydrogen-bond acceptors (Lipinski definition) is 8. The molecule has 10 heteroatoms. The summed E-state index contributed by atoms with van der Waals surface area (Å²) in [6.07, 6.45) is 4.59. The van der Waals surface area contributed by atoms with E-state index in [1.807, 2.05) is 0 Å². The second-order valence-electron chi connectivity index (χ2n) is 6.69. The number of rotatable bonds is 4. The lowest BCUT2D eigenvalue weighted by Crippen LogP contribution is -2.39. The normalized spacial score (nSPS) is 21.5. The highest BCUT2D eigenvalue weighted by molar-refractivity contribution is 7.22. The van der Waals surface area contributed by atoms with E-state index in [2.05, 4.69) is 10.3 Å². The fraction of sp³-hybridized carbons (Fsp3) is 0.389. The lowest BCUT2D eigenvalue weighted by Gasteiger charge is -2.33. The molecule has 2 heterocycles. The molecule has 1 saturated carbocycles. The summed E-state index contributed by atoms with van der Waals surface area (Å²) in [6.45, 7) is 0. The molecule has 4 rings (SSSR count). The number of benzene rings is 1. The number of non-ortho nitro benzene ring substituents is 1. The first kappa shape index (κ1) is 18.4. The van der Waals surface area contributed by atoms with Crippen molar-refractivity contribution in [1.82, 2.24) is 4.98 Å². The topological polar surface area (TPSA) is 121 Å². The third-order valence-electron chi connectivity index (χ3n) is 5.01. The largest absolute Gasteiger partial charge is 0.496 e. The van der Waals surface area contributed by atoms with Crippen LogP contribution in [0.5, 0.6) is 5.75 Å². The molecule has 2 aliphatic rings. The van der Waals surface area contributed by atoms with Gasteiger partial charge in [0.1, 0.15) is 17.2 Å². The van der Waals surface area contributed by atoms with Crippen LogP contribution in [0.15, 0.2) is 24.0 Å². The monoisotopic (exact) mass is 403 g/mol. The fourth-order valence-electron chi connectivity index (χ4n) is 3.60. The van der Waals surface area contributed by atoms with Crippen molar-refractivity contribution >= 4 is 44.1 Å². The van der Waals surface area contributed by atoms with E-state index in [0.29, 0.717) is 10.2 Å². The van der Waals surface area contributed by atoms with Gasteiger partial charge in [-0.3, -0.25) is 25.0 Å². The van der Waals surface area contributed by atoms with E-state index in [9.17, 15) is 19.7 Å². The zero-order valence-corrected chi connectivity index (χ0v) is 15.8. The van der Waals surface area contributed by atoms with Gasteiger partial charge in [-0.25, -0.2) is 4.98 Å². The van der Waals surface area contributed by atoms with Crippen molar-refractivity contribution in [3.05, 3.63) is 34.1 Å². The van der Waals surface area contributed by atoms with Gasteiger partial charge in [-0.05, 0) is 19.3 Å². The molecule has 2 unspecified atom stereocenters. The maximum atomic E-state index is 12.7. The number of thiazole rings is 1.